The molecule has 0 amide bonds. The fraction of sp³-hybridized carbons (Fsp3) is 0.391. The quantitative estimate of drug-likeness (QED) is 0.787. The van der Waals surface area contributed by atoms with E-state index in [1.54, 1.807) is 0 Å². The highest BCUT2D eigenvalue weighted by Crippen LogP contribution is 2.31. The minimum absolute atomic E-state index is 0.397. The van der Waals surface area contributed by atoms with Crippen molar-refractivity contribution in [1.82, 2.24) is 9.80 Å². The molecule has 2 aliphatic heterocycles. The Morgan fingerprint density at radius 2 is 1.60 bits per heavy atom. The van der Waals surface area contributed by atoms with Crippen LogP contribution in [0.2, 0.25) is 0 Å². The van der Waals surface area contributed by atoms with E-state index >= 15 is 0 Å². The molecule has 4 rings (SSSR count). The largest absolute Gasteiger partial charge is 0.288 e. The molecule has 130 valence electrons. The molecule has 25 heavy (non-hydrogen) atoms. The van der Waals surface area contributed by atoms with Gasteiger partial charge in [-0.3, -0.25) is 9.80 Å². The topological polar surface area (TPSA) is 6.48 Å². The van der Waals surface area contributed by atoms with Gasteiger partial charge in [0, 0.05) is 19.1 Å². The van der Waals surface area contributed by atoms with Gasteiger partial charge in [0.1, 0.15) is 0 Å². The molecule has 2 nitrogen and oxygen atoms in total. The van der Waals surface area contributed by atoms with Gasteiger partial charge in [0.25, 0.3) is 0 Å². The molecule has 2 aromatic carbocycles. The fourth-order valence-corrected chi connectivity index (χ4v) is 4.45. The smallest absolute Gasteiger partial charge is 0.0628 e. The number of benzene rings is 2. The van der Waals surface area contributed by atoms with Crippen LogP contribution in [0.4, 0.5) is 0 Å². The maximum atomic E-state index is 4.46. The van der Waals surface area contributed by atoms with Crippen LogP contribution >= 0.6 is 0 Å². The van der Waals surface area contributed by atoms with Crippen molar-refractivity contribution in [3.63, 3.8) is 0 Å². The fourth-order valence-electron chi connectivity index (χ4n) is 4.45. The van der Waals surface area contributed by atoms with Crippen molar-refractivity contribution >= 4 is 5.57 Å². The summed E-state index contributed by atoms with van der Waals surface area (Å²) in [5, 5.41) is 0. The summed E-state index contributed by atoms with van der Waals surface area (Å²) in [6, 6.07) is 19.9. The van der Waals surface area contributed by atoms with Gasteiger partial charge < -0.3 is 0 Å². The lowest BCUT2D eigenvalue weighted by Gasteiger charge is -2.44. The van der Waals surface area contributed by atoms with Crippen molar-refractivity contribution in [2.24, 2.45) is 0 Å². The summed E-state index contributed by atoms with van der Waals surface area (Å²) in [6.45, 7) is 10.5. The number of nitrogens with zero attached hydrogens (tertiary/aromatic N) is 2. The third kappa shape index (κ3) is 3.29. The van der Waals surface area contributed by atoms with Crippen LogP contribution in [-0.2, 0) is 0 Å². The first-order valence-electron chi connectivity index (χ1n) is 9.58. The molecule has 2 atom stereocenters. The van der Waals surface area contributed by atoms with Crippen LogP contribution in [0.5, 0.6) is 0 Å². The van der Waals surface area contributed by atoms with E-state index in [4.69, 9.17) is 0 Å². The van der Waals surface area contributed by atoms with Crippen LogP contribution in [0.25, 0.3) is 16.7 Å². The third-order valence-corrected chi connectivity index (χ3v) is 5.94. The van der Waals surface area contributed by atoms with E-state index < -0.39 is 0 Å². The Bertz CT molecular complexity index is 720. The van der Waals surface area contributed by atoms with Crippen molar-refractivity contribution in [3.8, 4) is 11.1 Å². The van der Waals surface area contributed by atoms with Crippen molar-refractivity contribution in [2.75, 3.05) is 19.6 Å². The van der Waals surface area contributed by atoms with Crippen molar-refractivity contribution in [2.45, 2.75) is 38.4 Å². The molecule has 2 heteroatoms. The van der Waals surface area contributed by atoms with E-state index in [9.17, 15) is 0 Å². The second-order valence-corrected chi connectivity index (χ2v) is 7.39. The molecule has 2 aliphatic rings. The van der Waals surface area contributed by atoms with E-state index in [-0.39, 0.29) is 0 Å². The lowest BCUT2D eigenvalue weighted by atomic mass is 9.96. The Labute approximate surface area is 151 Å². The molecule has 0 radical (unpaired) electrons. The summed E-state index contributed by atoms with van der Waals surface area (Å²) < 4.78 is 0. The summed E-state index contributed by atoms with van der Waals surface area (Å²) in [5.41, 5.74) is 5.05. The molecule has 0 bridgehead atoms. The Kier molecular flexibility index (Phi) is 4.74. The normalized spacial score (nSPS) is 22.5. The molecule has 0 aliphatic carbocycles. The van der Waals surface area contributed by atoms with Crippen LogP contribution < -0.4 is 0 Å². The van der Waals surface area contributed by atoms with Gasteiger partial charge in [0.05, 0.1) is 6.17 Å². The van der Waals surface area contributed by atoms with Gasteiger partial charge in [-0.2, -0.15) is 0 Å². The second-order valence-electron chi connectivity index (χ2n) is 7.39. The lowest BCUT2D eigenvalue weighted by Crippen LogP contribution is -2.53. The van der Waals surface area contributed by atoms with Gasteiger partial charge in [-0.1, -0.05) is 61.2 Å². The Morgan fingerprint density at radius 3 is 2.36 bits per heavy atom. The number of hydrogen-bond acceptors (Lipinski definition) is 2. The molecule has 2 heterocycles. The summed E-state index contributed by atoms with van der Waals surface area (Å²) >= 11 is 0. The molecular formula is C23H28N2. The average Bonchev–Trinajstić information content (AvgIpc) is 3.16. The van der Waals surface area contributed by atoms with Gasteiger partial charge >= 0.3 is 0 Å². The predicted octanol–water partition coefficient (Wildman–Crippen LogP) is 4.88. The predicted molar refractivity (Wildman–Crippen MR) is 106 cm³/mol. The highest BCUT2D eigenvalue weighted by atomic mass is 15.4. The number of fused-ring (bicyclic) bond motifs is 1. The maximum Gasteiger partial charge on any atom is 0.0628 e. The van der Waals surface area contributed by atoms with Crippen molar-refractivity contribution in [1.29, 1.82) is 0 Å². The minimum Gasteiger partial charge on any atom is -0.288 e. The summed E-state index contributed by atoms with van der Waals surface area (Å²) in [4.78, 5) is 5.33. The first-order chi connectivity index (χ1) is 12.2. The highest BCUT2D eigenvalue weighted by Gasteiger charge is 2.35. The zero-order valence-corrected chi connectivity index (χ0v) is 15.2. The Morgan fingerprint density at radius 1 is 0.920 bits per heavy atom. The first-order valence-corrected chi connectivity index (χ1v) is 9.58. The van der Waals surface area contributed by atoms with Crippen LogP contribution in [-0.4, -0.2) is 41.6 Å². The molecule has 0 aromatic heterocycles. The standard InChI is InChI=1S/C23H28N2/c1-18(19(2)25-17-7-16-24-15-6-10-23(24)25)20-11-13-22(14-12-20)21-8-4-3-5-9-21/h3-5,8-9,11-14,19,23H,1,6-7,10,15-17H2,2H3. The van der Waals surface area contributed by atoms with Crippen molar-refractivity contribution in [3.05, 3.63) is 66.7 Å². The molecule has 2 saturated heterocycles. The Balaban J connectivity index is 1.50. The summed E-state index contributed by atoms with van der Waals surface area (Å²) in [6.07, 6.45) is 4.56. The molecule has 2 unspecified atom stereocenters. The number of rotatable bonds is 4. The first kappa shape index (κ1) is 16.6. The van der Waals surface area contributed by atoms with Gasteiger partial charge in [0.15, 0.2) is 0 Å². The molecule has 0 spiro atoms. The van der Waals surface area contributed by atoms with Crippen LogP contribution in [0.3, 0.4) is 0 Å². The second kappa shape index (κ2) is 7.15. The van der Waals surface area contributed by atoms with Crippen LogP contribution in [0.15, 0.2) is 61.2 Å². The Hall–Kier alpha value is -1.90. The van der Waals surface area contributed by atoms with E-state index in [1.807, 2.05) is 0 Å². The molecule has 2 aromatic rings. The number of hydrogen-bond donors (Lipinski definition) is 0. The summed E-state index contributed by atoms with van der Waals surface area (Å²) in [7, 11) is 0. The van der Waals surface area contributed by atoms with Crippen LogP contribution in [0, 0.1) is 0 Å². The third-order valence-electron chi connectivity index (χ3n) is 5.94. The SMILES string of the molecule is C=C(c1ccc(-c2ccccc2)cc1)C(C)N1CCCN2CCCC21. The van der Waals surface area contributed by atoms with Gasteiger partial charge in [-0.25, -0.2) is 0 Å². The maximum absolute atomic E-state index is 4.46. The zero-order valence-electron chi connectivity index (χ0n) is 15.2. The molecular weight excluding hydrogens is 304 g/mol. The van der Waals surface area contributed by atoms with Crippen LogP contribution in [0.1, 0.15) is 31.7 Å². The zero-order chi connectivity index (χ0) is 17.2. The van der Waals surface area contributed by atoms with E-state index in [2.05, 4.69) is 77.9 Å². The highest BCUT2D eigenvalue weighted by molar-refractivity contribution is 5.71. The van der Waals surface area contributed by atoms with E-state index in [1.165, 1.54) is 61.2 Å². The van der Waals surface area contributed by atoms with Crippen molar-refractivity contribution < 1.29 is 0 Å². The molecule has 0 saturated carbocycles. The van der Waals surface area contributed by atoms with E-state index in [0.717, 1.165) is 0 Å². The molecule has 0 N–H and O–H groups in total. The van der Waals surface area contributed by atoms with Gasteiger partial charge in [-0.15, -0.1) is 0 Å². The lowest BCUT2D eigenvalue weighted by molar-refractivity contribution is 0.0226. The minimum atomic E-state index is 0.397. The summed E-state index contributed by atoms with van der Waals surface area (Å²) in [5.74, 6) is 0. The monoisotopic (exact) mass is 332 g/mol. The van der Waals surface area contributed by atoms with Gasteiger partial charge in [0.2, 0.25) is 0 Å². The molecule has 2 fully saturated rings. The average molecular weight is 332 g/mol. The van der Waals surface area contributed by atoms with Gasteiger partial charge in [-0.05, 0) is 55.0 Å². The van der Waals surface area contributed by atoms with E-state index in [0.29, 0.717) is 12.2 Å².